The second-order valence-electron chi connectivity index (χ2n) is 7.07. The highest BCUT2D eigenvalue weighted by atomic mass is 32.2. The number of hydrogen-bond donors (Lipinski definition) is 2. The fourth-order valence-electron chi connectivity index (χ4n) is 3.40. The highest BCUT2D eigenvalue weighted by Crippen LogP contribution is 2.19. The van der Waals surface area contributed by atoms with Crippen molar-refractivity contribution in [1.29, 1.82) is 0 Å². The number of aliphatic carboxylic acids is 1. The molecular formula is C19H26N4O3S. The molecular weight excluding hydrogens is 364 g/mol. The van der Waals surface area contributed by atoms with E-state index < -0.39 is 5.97 Å². The fourth-order valence-corrected chi connectivity index (χ4v) is 4.21. The molecule has 1 atom stereocenters. The number of fused-ring (bicyclic) bond motifs is 1. The third kappa shape index (κ3) is 5.71. The smallest absolute Gasteiger partial charge is 0.317 e. The van der Waals surface area contributed by atoms with Crippen molar-refractivity contribution in [3.63, 3.8) is 0 Å². The number of imidazole rings is 1. The Morgan fingerprint density at radius 3 is 3.04 bits per heavy atom. The molecule has 1 saturated heterocycles. The standard InChI is InChI=1S/C19H26N4O3S/c1-14-4-5-17-21-16(11-23(17)9-14)12-27-13-18(24)22-6-2-3-15(10-22)7-20-8-19(25)26/h4-5,9,11,15,20H,2-3,6-8,10,12-13H2,1H3,(H,25,26). The minimum atomic E-state index is -0.850. The van der Waals surface area contributed by atoms with E-state index in [1.54, 1.807) is 11.8 Å². The average Bonchev–Trinajstić information content (AvgIpc) is 3.03. The number of aromatic nitrogens is 2. The van der Waals surface area contributed by atoms with Crippen LogP contribution in [0.15, 0.2) is 24.5 Å². The Balaban J connectivity index is 1.43. The number of carbonyl (C=O) groups excluding carboxylic acids is 1. The first kappa shape index (κ1) is 19.7. The van der Waals surface area contributed by atoms with Gasteiger partial charge in [-0.15, -0.1) is 11.8 Å². The molecule has 2 aromatic rings. The number of pyridine rings is 1. The third-order valence-corrected chi connectivity index (χ3v) is 5.66. The van der Waals surface area contributed by atoms with E-state index in [9.17, 15) is 9.59 Å². The Bertz CT molecular complexity index is 807. The Labute approximate surface area is 163 Å². The number of carbonyl (C=O) groups is 2. The molecule has 3 heterocycles. The minimum absolute atomic E-state index is 0.0289. The topological polar surface area (TPSA) is 86.9 Å². The van der Waals surface area contributed by atoms with Crippen LogP contribution >= 0.6 is 11.8 Å². The van der Waals surface area contributed by atoms with Gasteiger partial charge in [0.15, 0.2) is 0 Å². The molecule has 0 aliphatic carbocycles. The second kappa shape index (κ2) is 9.23. The number of carboxylic acids is 1. The third-order valence-electron chi connectivity index (χ3n) is 4.71. The number of amides is 1. The van der Waals surface area contributed by atoms with E-state index >= 15 is 0 Å². The highest BCUT2D eigenvalue weighted by molar-refractivity contribution is 7.99. The number of likely N-dealkylation sites (tertiary alicyclic amines) is 1. The molecule has 8 heteroatoms. The van der Waals surface area contributed by atoms with E-state index in [0.717, 1.165) is 30.7 Å². The summed E-state index contributed by atoms with van der Waals surface area (Å²) in [6, 6.07) is 4.04. The lowest BCUT2D eigenvalue weighted by molar-refractivity contribution is -0.136. The average molecular weight is 391 g/mol. The van der Waals surface area contributed by atoms with Crippen molar-refractivity contribution >= 4 is 29.3 Å². The molecule has 3 rings (SSSR count). The number of hydrogen-bond acceptors (Lipinski definition) is 5. The first-order chi connectivity index (χ1) is 13.0. The van der Waals surface area contributed by atoms with Crippen LogP contribution in [-0.2, 0) is 15.3 Å². The van der Waals surface area contributed by atoms with Crippen molar-refractivity contribution in [3.05, 3.63) is 35.8 Å². The van der Waals surface area contributed by atoms with Gasteiger partial charge in [0.1, 0.15) is 5.65 Å². The van der Waals surface area contributed by atoms with Crippen LogP contribution in [0.3, 0.4) is 0 Å². The molecule has 0 spiro atoms. The van der Waals surface area contributed by atoms with E-state index in [-0.39, 0.29) is 12.5 Å². The lowest BCUT2D eigenvalue weighted by Gasteiger charge is -2.32. The fraction of sp³-hybridized carbons (Fsp3) is 0.526. The van der Waals surface area contributed by atoms with Crippen LogP contribution in [0.4, 0.5) is 0 Å². The van der Waals surface area contributed by atoms with Crippen molar-refractivity contribution in [1.82, 2.24) is 19.6 Å². The molecule has 7 nitrogen and oxygen atoms in total. The summed E-state index contributed by atoms with van der Waals surface area (Å²) in [7, 11) is 0. The van der Waals surface area contributed by atoms with Crippen LogP contribution in [0.25, 0.3) is 5.65 Å². The number of thioether (sulfide) groups is 1. The van der Waals surface area contributed by atoms with Gasteiger partial charge in [-0.3, -0.25) is 9.59 Å². The molecule has 146 valence electrons. The maximum atomic E-state index is 12.5. The predicted octanol–water partition coefficient (Wildman–Crippen LogP) is 1.79. The van der Waals surface area contributed by atoms with Gasteiger partial charge >= 0.3 is 5.97 Å². The summed E-state index contributed by atoms with van der Waals surface area (Å²) in [5, 5.41) is 11.6. The van der Waals surface area contributed by atoms with Gasteiger partial charge in [0.05, 0.1) is 18.0 Å². The molecule has 0 saturated carbocycles. The number of carboxylic acid groups (broad SMARTS) is 1. The van der Waals surface area contributed by atoms with Crippen LogP contribution in [0, 0.1) is 12.8 Å². The van der Waals surface area contributed by atoms with Crippen molar-refractivity contribution in [3.8, 4) is 0 Å². The zero-order chi connectivity index (χ0) is 19.2. The molecule has 1 aliphatic rings. The number of nitrogens with zero attached hydrogens (tertiary/aromatic N) is 3. The number of aryl methyl sites for hydroxylation is 1. The van der Waals surface area contributed by atoms with E-state index in [1.807, 2.05) is 33.8 Å². The molecule has 27 heavy (non-hydrogen) atoms. The lowest BCUT2D eigenvalue weighted by Crippen LogP contribution is -2.44. The lowest BCUT2D eigenvalue weighted by atomic mass is 9.98. The monoisotopic (exact) mass is 390 g/mol. The van der Waals surface area contributed by atoms with Gasteiger partial charge in [-0.2, -0.15) is 0 Å². The summed E-state index contributed by atoms with van der Waals surface area (Å²) in [6.45, 7) is 4.17. The van der Waals surface area contributed by atoms with Crippen LogP contribution in [0.5, 0.6) is 0 Å². The summed E-state index contributed by atoms with van der Waals surface area (Å²) in [6.07, 6.45) is 6.07. The molecule has 0 aromatic carbocycles. The van der Waals surface area contributed by atoms with Gasteiger partial charge in [0.25, 0.3) is 0 Å². The summed E-state index contributed by atoms with van der Waals surface area (Å²) in [4.78, 5) is 29.6. The molecule has 2 N–H and O–H groups in total. The molecule has 1 amide bonds. The maximum absolute atomic E-state index is 12.5. The van der Waals surface area contributed by atoms with Gasteiger partial charge in [-0.25, -0.2) is 4.98 Å². The zero-order valence-electron chi connectivity index (χ0n) is 15.6. The van der Waals surface area contributed by atoms with Crippen LogP contribution in [0.2, 0.25) is 0 Å². The predicted molar refractivity (Wildman–Crippen MR) is 106 cm³/mol. The normalized spacial score (nSPS) is 17.4. The van der Waals surface area contributed by atoms with Gasteiger partial charge in [0, 0.05) is 37.8 Å². The second-order valence-corrected chi connectivity index (χ2v) is 8.06. The Morgan fingerprint density at radius 1 is 1.37 bits per heavy atom. The van der Waals surface area contributed by atoms with Gasteiger partial charge in [0.2, 0.25) is 5.91 Å². The van der Waals surface area contributed by atoms with E-state index in [4.69, 9.17) is 5.11 Å². The number of nitrogens with one attached hydrogen (secondary N) is 1. The SMILES string of the molecule is Cc1ccc2nc(CSCC(=O)N3CCCC(CNCC(=O)O)C3)cn2c1. The quantitative estimate of drug-likeness (QED) is 0.715. The number of rotatable bonds is 8. The van der Waals surface area contributed by atoms with Crippen molar-refractivity contribution in [2.45, 2.75) is 25.5 Å². The van der Waals surface area contributed by atoms with Crippen molar-refractivity contribution in [2.24, 2.45) is 5.92 Å². The number of piperidine rings is 1. The molecule has 2 aromatic heterocycles. The van der Waals surface area contributed by atoms with E-state index in [2.05, 4.69) is 17.2 Å². The summed E-state index contributed by atoms with van der Waals surface area (Å²) < 4.78 is 2.02. The van der Waals surface area contributed by atoms with Crippen LogP contribution in [0.1, 0.15) is 24.1 Å². The van der Waals surface area contributed by atoms with Crippen LogP contribution < -0.4 is 5.32 Å². The van der Waals surface area contributed by atoms with Crippen molar-refractivity contribution < 1.29 is 14.7 Å². The van der Waals surface area contributed by atoms with Gasteiger partial charge in [-0.05, 0) is 37.3 Å². The summed E-state index contributed by atoms with van der Waals surface area (Å²) in [5.41, 5.74) is 3.09. The van der Waals surface area contributed by atoms with Crippen molar-refractivity contribution in [2.75, 3.05) is 31.9 Å². The largest absolute Gasteiger partial charge is 0.480 e. The van der Waals surface area contributed by atoms with E-state index in [1.165, 1.54) is 5.56 Å². The molecule has 1 aliphatic heterocycles. The minimum Gasteiger partial charge on any atom is -0.480 e. The first-order valence-electron chi connectivity index (χ1n) is 9.23. The molecule has 0 radical (unpaired) electrons. The first-order valence-corrected chi connectivity index (χ1v) is 10.4. The van der Waals surface area contributed by atoms with E-state index in [0.29, 0.717) is 30.5 Å². The molecule has 1 fully saturated rings. The molecule has 1 unspecified atom stereocenters. The van der Waals surface area contributed by atoms with Gasteiger partial charge in [-0.1, -0.05) is 6.07 Å². The van der Waals surface area contributed by atoms with Crippen LogP contribution in [-0.4, -0.2) is 63.2 Å². The zero-order valence-corrected chi connectivity index (χ0v) is 16.4. The Morgan fingerprint density at radius 2 is 2.22 bits per heavy atom. The summed E-state index contributed by atoms with van der Waals surface area (Å²) >= 11 is 1.59. The highest BCUT2D eigenvalue weighted by Gasteiger charge is 2.23. The maximum Gasteiger partial charge on any atom is 0.317 e. The Kier molecular flexibility index (Phi) is 6.73. The Hall–Kier alpha value is -2.06. The molecule has 0 bridgehead atoms. The summed E-state index contributed by atoms with van der Waals surface area (Å²) in [5.74, 6) is 0.792. The van der Waals surface area contributed by atoms with Gasteiger partial charge < -0.3 is 19.7 Å².